The summed E-state index contributed by atoms with van der Waals surface area (Å²) in [5, 5.41) is 2.01. The molecule has 0 aliphatic carbocycles. The van der Waals surface area contributed by atoms with Gasteiger partial charge in [-0.15, -0.1) is 0 Å². The molecular formula is C11H14ClNO2. The summed E-state index contributed by atoms with van der Waals surface area (Å²) in [5.74, 6) is 0.855. The number of halogens is 1. The van der Waals surface area contributed by atoms with Gasteiger partial charge in [-0.3, -0.25) is 4.79 Å². The SMILES string of the molecule is COc1cc(C)c(CNC(=O)Cl)cc1C. The van der Waals surface area contributed by atoms with Crippen molar-refractivity contribution >= 4 is 17.0 Å². The molecule has 15 heavy (non-hydrogen) atoms. The highest BCUT2D eigenvalue weighted by atomic mass is 35.5. The molecule has 1 aromatic carbocycles. The van der Waals surface area contributed by atoms with E-state index < -0.39 is 5.37 Å². The molecule has 0 unspecified atom stereocenters. The van der Waals surface area contributed by atoms with E-state index in [-0.39, 0.29) is 0 Å². The van der Waals surface area contributed by atoms with Crippen molar-refractivity contribution in [1.29, 1.82) is 0 Å². The molecule has 1 N–H and O–H groups in total. The van der Waals surface area contributed by atoms with E-state index in [1.807, 2.05) is 26.0 Å². The number of ether oxygens (including phenoxy) is 1. The molecule has 0 aliphatic rings. The van der Waals surface area contributed by atoms with E-state index in [1.54, 1.807) is 7.11 Å². The molecule has 1 rings (SSSR count). The van der Waals surface area contributed by atoms with E-state index in [4.69, 9.17) is 16.3 Å². The summed E-state index contributed by atoms with van der Waals surface area (Å²) in [6, 6.07) is 3.94. The van der Waals surface area contributed by atoms with E-state index in [1.165, 1.54) is 0 Å². The maximum Gasteiger partial charge on any atom is 0.314 e. The zero-order valence-corrected chi connectivity index (χ0v) is 9.81. The van der Waals surface area contributed by atoms with Crippen LogP contribution in [0.5, 0.6) is 5.75 Å². The van der Waals surface area contributed by atoms with Gasteiger partial charge in [-0.25, -0.2) is 0 Å². The lowest BCUT2D eigenvalue weighted by atomic mass is 10.0. The van der Waals surface area contributed by atoms with Gasteiger partial charge < -0.3 is 10.1 Å². The van der Waals surface area contributed by atoms with Crippen molar-refractivity contribution in [3.8, 4) is 5.75 Å². The summed E-state index contributed by atoms with van der Waals surface area (Å²) in [7, 11) is 1.64. The Balaban J connectivity index is 2.90. The Labute approximate surface area is 94.4 Å². The van der Waals surface area contributed by atoms with Gasteiger partial charge in [0.2, 0.25) is 0 Å². The Hall–Kier alpha value is -1.22. The van der Waals surface area contributed by atoms with Gasteiger partial charge in [-0.05, 0) is 48.2 Å². The number of methoxy groups -OCH3 is 1. The highest BCUT2D eigenvalue weighted by molar-refractivity contribution is 6.62. The maximum atomic E-state index is 10.6. The molecule has 0 spiro atoms. The van der Waals surface area contributed by atoms with Crippen LogP contribution in [0.2, 0.25) is 0 Å². The standard InChI is InChI=1S/C11H14ClNO2/c1-7-5-10(15-3)8(2)4-9(7)6-13-11(12)14/h4-5H,6H2,1-3H3,(H,13,14). The van der Waals surface area contributed by atoms with Crippen LogP contribution in [0.4, 0.5) is 4.79 Å². The third kappa shape index (κ3) is 3.13. The fourth-order valence-electron chi connectivity index (χ4n) is 1.42. The minimum atomic E-state index is -0.539. The van der Waals surface area contributed by atoms with Crippen LogP contribution in [-0.4, -0.2) is 12.5 Å². The number of carbonyl (C=O) groups is 1. The van der Waals surface area contributed by atoms with E-state index in [0.717, 1.165) is 22.4 Å². The highest BCUT2D eigenvalue weighted by Gasteiger charge is 2.05. The van der Waals surface area contributed by atoms with Gasteiger partial charge in [0.1, 0.15) is 5.75 Å². The first kappa shape index (κ1) is 11.9. The van der Waals surface area contributed by atoms with Crippen molar-refractivity contribution < 1.29 is 9.53 Å². The number of rotatable bonds is 3. The van der Waals surface area contributed by atoms with Gasteiger partial charge in [0.25, 0.3) is 0 Å². The lowest BCUT2D eigenvalue weighted by molar-refractivity contribution is 0.259. The van der Waals surface area contributed by atoms with Crippen LogP contribution in [0.3, 0.4) is 0 Å². The number of nitrogens with one attached hydrogen (secondary N) is 1. The molecule has 0 atom stereocenters. The summed E-state index contributed by atoms with van der Waals surface area (Å²) in [5.41, 5.74) is 3.16. The monoisotopic (exact) mass is 227 g/mol. The molecule has 0 radical (unpaired) electrons. The van der Waals surface area contributed by atoms with E-state index in [0.29, 0.717) is 6.54 Å². The van der Waals surface area contributed by atoms with Crippen LogP contribution in [0.25, 0.3) is 0 Å². The second-order valence-electron chi connectivity index (χ2n) is 3.38. The Kier molecular flexibility index (Phi) is 3.97. The molecule has 0 aromatic heterocycles. The molecule has 0 heterocycles. The second kappa shape index (κ2) is 5.03. The van der Waals surface area contributed by atoms with Crippen molar-refractivity contribution in [2.45, 2.75) is 20.4 Å². The fraction of sp³-hybridized carbons (Fsp3) is 0.364. The first-order valence-corrected chi connectivity index (χ1v) is 5.00. The number of benzene rings is 1. The molecule has 82 valence electrons. The smallest absolute Gasteiger partial charge is 0.314 e. The number of hydrogen-bond acceptors (Lipinski definition) is 2. The zero-order chi connectivity index (χ0) is 11.4. The average Bonchev–Trinajstić information content (AvgIpc) is 2.18. The van der Waals surface area contributed by atoms with Gasteiger partial charge in [0.05, 0.1) is 7.11 Å². The van der Waals surface area contributed by atoms with Crippen molar-refractivity contribution in [3.63, 3.8) is 0 Å². The second-order valence-corrected chi connectivity index (χ2v) is 3.72. The van der Waals surface area contributed by atoms with E-state index in [2.05, 4.69) is 5.32 Å². The van der Waals surface area contributed by atoms with E-state index >= 15 is 0 Å². The fourth-order valence-corrected chi connectivity index (χ4v) is 1.49. The third-order valence-electron chi connectivity index (χ3n) is 2.27. The first-order chi connectivity index (χ1) is 7.04. The topological polar surface area (TPSA) is 38.3 Å². The molecule has 3 nitrogen and oxygen atoms in total. The van der Waals surface area contributed by atoms with Gasteiger partial charge in [0, 0.05) is 6.54 Å². The van der Waals surface area contributed by atoms with Crippen LogP contribution in [-0.2, 0) is 6.54 Å². The first-order valence-electron chi connectivity index (χ1n) is 4.62. The van der Waals surface area contributed by atoms with Crippen LogP contribution in [0.15, 0.2) is 12.1 Å². The highest BCUT2D eigenvalue weighted by Crippen LogP contribution is 2.22. The predicted octanol–water partition coefficient (Wildman–Crippen LogP) is 2.76. The number of carbonyl (C=O) groups excluding carboxylic acids is 1. The quantitative estimate of drug-likeness (QED) is 0.637. The molecule has 0 bridgehead atoms. The van der Waals surface area contributed by atoms with Crippen molar-refractivity contribution in [3.05, 3.63) is 28.8 Å². The molecular weight excluding hydrogens is 214 g/mol. The van der Waals surface area contributed by atoms with Crippen LogP contribution >= 0.6 is 11.6 Å². The third-order valence-corrected chi connectivity index (χ3v) is 2.40. The normalized spacial score (nSPS) is 9.87. The Morgan fingerprint density at radius 1 is 1.40 bits per heavy atom. The van der Waals surface area contributed by atoms with Gasteiger partial charge >= 0.3 is 5.37 Å². The van der Waals surface area contributed by atoms with Gasteiger partial charge in [0.15, 0.2) is 0 Å². The molecule has 1 amide bonds. The summed E-state index contributed by atoms with van der Waals surface area (Å²) >= 11 is 5.20. The van der Waals surface area contributed by atoms with Crippen LogP contribution in [0.1, 0.15) is 16.7 Å². The molecule has 4 heteroatoms. The lowest BCUT2D eigenvalue weighted by Gasteiger charge is -2.11. The summed E-state index contributed by atoms with van der Waals surface area (Å²) in [6.45, 7) is 4.38. The number of amides is 1. The predicted molar refractivity (Wildman–Crippen MR) is 60.6 cm³/mol. The molecule has 0 fully saturated rings. The summed E-state index contributed by atoms with van der Waals surface area (Å²) in [4.78, 5) is 10.6. The minimum absolute atomic E-state index is 0.443. The number of aryl methyl sites for hydroxylation is 2. The van der Waals surface area contributed by atoms with Crippen molar-refractivity contribution in [2.75, 3.05) is 7.11 Å². The molecule has 0 saturated carbocycles. The summed E-state index contributed by atoms with van der Waals surface area (Å²) in [6.07, 6.45) is 0. The minimum Gasteiger partial charge on any atom is -0.496 e. The molecule has 0 aliphatic heterocycles. The van der Waals surface area contributed by atoms with Gasteiger partial charge in [-0.1, -0.05) is 6.07 Å². The van der Waals surface area contributed by atoms with Crippen molar-refractivity contribution in [1.82, 2.24) is 5.32 Å². The Morgan fingerprint density at radius 3 is 2.60 bits per heavy atom. The molecule has 0 saturated heterocycles. The number of hydrogen-bond donors (Lipinski definition) is 1. The molecule has 1 aromatic rings. The Morgan fingerprint density at radius 2 is 2.07 bits per heavy atom. The van der Waals surface area contributed by atoms with Crippen LogP contribution in [0, 0.1) is 13.8 Å². The van der Waals surface area contributed by atoms with Gasteiger partial charge in [-0.2, -0.15) is 0 Å². The average molecular weight is 228 g/mol. The van der Waals surface area contributed by atoms with Crippen molar-refractivity contribution in [2.24, 2.45) is 0 Å². The van der Waals surface area contributed by atoms with E-state index in [9.17, 15) is 4.79 Å². The zero-order valence-electron chi connectivity index (χ0n) is 9.06. The van der Waals surface area contributed by atoms with Crippen LogP contribution < -0.4 is 10.1 Å². The lowest BCUT2D eigenvalue weighted by Crippen LogP contribution is -2.16. The Bertz CT molecular complexity index is 377. The maximum absolute atomic E-state index is 10.6. The summed E-state index contributed by atoms with van der Waals surface area (Å²) < 4.78 is 5.19. The largest absolute Gasteiger partial charge is 0.496 e.